The van der Waals surface area contributed by atoms with Gasteiger partial charge in [0.05, 0.1) is 19.7 Å². The second-order valence-electron chi connectivity index (χ2n) is 8.76. The van der Waals surface area contributed by atoms with Crippen LogP contribution in [0.15, 0.2) is 0 Å². The van der Waals surface area contributed by atoms with Crippen LogP contribution in [0, 0.1) is 0 Å². The van der Waals surface area contributed by atoms with Gasteiger partial charge in [0.1, 0.15) is 30.2 Å². The first-order chi connectivity index (χ1) is 22.2. The lowest BCUT2D eigenvalue weighted by Crippen LogP contribution is -2.33. The van der Waals surface area contributed by atoms with Crippen LogP contribution >= 0.6 is 0 Å². The molecule has 0 heterocycles. The van der Waals surface area contributed by atoms with Crippen molar-refractivity contribution in [3.63, 3.8) is 0 Å². The molecular formula is C24H55N9O16. The topological polar surface area (TPSA) is 533 Å². The molecule has 0 unspecified atom stereocenters. The summed E-state index contributed by atoms with van der Waals surface area (Å²) in [6.07, 6.45) is 2.29. The molecule has 26 N–H and O–H groups in total. The highest BCUT2D eigenvalue weighted by Gasteiger charge is 2.11. The lowest BCUT2D eigenvalue weighted by atomic mass is 10.1. The second kappa shape index (κ2) is 41.4. The van der Waals surface area contributed by atoms with Gasteiger partial charge in [0.15, 0.2) is 0 Å². The highest BCUT2D eigenvalue weighted by molar-refractivity contribution is 5.77. The Morgan fingerprint density at radius 1 is 0.510 bits per heavy atom. The Morgan fingerprint density at radius 3 is 0.918 bits per heavy atom. The molecule has 0 aromatic heterocycles. The maximum absolute atomic E-state index is 10.1. The fourth-order valence-electron chi connectivity index (χ4n) is 1.13. The first-order valence-electron chi connectivity index (χ1n) is 13.6. The molecule has 5 atom stereocenters. The largest absolute Gasteiger partial charge is 0.480 e. The highest BCUT2D eigenvalue weighted by atomic mass is 16.4. The number of unbranched alkanes of at least 4 members (excludes halogenated alkanes) is 1. The van der Waals surface area contributed by atoms with E-state index >= 15 is 0 Å². The van der Waals surface area contributed by atoms with Gasteiger partial charge in [0.25, 0.3) is 0 Å². The minimum absolute atomic E-state index is 0.0213. The van der Waals surface area contributed by atoms with Gasteiger partial charge in [-0.15, -0.1) is 0 Å². The van der Waals surface area contributed by atoms with E-state index in [0.29, 0.717) is 13.0 Å². The van der Waals surface area contributed by atoms with Crippen molar-refractivity contribution in [2.75, 3.05) is 26.2 Å². The number of carbonyl (C=O) groups is 8. The van der Waals surface area contributed by atoms with Crippen LogP contribution < -0.4 is 51.6 Å². The molecule has 0 fully saturated rings. The summed E-state index contributed by atoms with van der Waals surface area (Å²) in [6.45, 7) is 2.38. The Hall–Kier alpha value is -4.60. The summed E-state index contributed by atoms with van der Waals surface area (Å²) in [6, 6.07) is -4.28. The van der Waals surface area contributed by atoms with Crippen molar-refractivity contribution in [2.45, 2.75) is 76.2 Å². The Morgan fingerprint density at radius 2 is 0.776 bits per heavy atom. The van der Waals surface area contributed by atoms with Gasteiger partial charge in [-0.1, -0.05) is 6.42 Å². The summed E-state index contributed by atoms with van der Waals surface area (Å²) in [4.78, 5) is 77.6. The fourth-order valence-corrected chi connectivity index (χ4v) is 1.13. The normalized spacial score (nSPS) is 12.0. The zero-order chi connectivity index (χ0) is 40.9. The third-order valence-electron chi connectivity index (χ3n) is 3.95. The maximum atomic E-state index is 10.1. The molecule has 0 aromatic carbocycles. The molecule has 0 spiro atoms. The maximum Gasteiger partial charge on any atom is 0.322 e. The van der Waals surface area contributed by atoms with Crippen molar-refractivity contribution in [1.29, 1.82) is 0 Å². The van der Waals surface area contributed by atoms with E-state index < -0.39 is 84.5 Å². The van der Waals surface area contributed by atoms with Gasteiger partial charge >= 0.3 is 41.8 Å². The van der Waals surface area contributed by atoms with Crippen LogP contribution in [0.1, 0.15) is 46.0 Å². The predicted molar refractivity (Wildman–Crippen MR) is 171 cm³/mol. The average Bonchev–Trinajstić information content (AvgIpc) is 3.00. The fraction of sp³-hybridized carbons (Fsp3) is 0.667. The molecule has 0 saturated carbocycles. The minimum Gasteiger partial charge on any atom is -0.480 e. The van der Waals surface area contributed by atoms with Crippen LogP contribution in [0.3, 0.4) is 0 Å². The van der Waals surface area contributed by atoms with Crippen LogP contribution in [0.25, 0.3) is 0 Å². The first kappa shape index (κ1) is 59.8. The van der Waals surface area contributed by atoms with E-state index in [-0.39, 0.29) is 25.9 Å². The molecule has 0 saturated heterocycles. The third-order valence-corrected chi connectivity index (χ3v) is 3.95. The summed E-state index contributed by atoms with van der Waals surface area (Å²) in [5.74, 6) is -7.61. The zero-order valence-electron chi connectivity index (χ0n) is 27.3. The van der Waals surface area contributed by atoms with Gasteiger partial charge in [-0.2, -0.15) is 0 Å². The van der Waals surface area contributed by atoms with Gasteiger partial charge in [-0.3, -0.25) is 38.4 Å². The number of amides is 1. The number of aliphatic hydroxyl groups excluding tert-OH is 1. The number of aliphatic carboxylic acids is 7. The van der Waals surface area contributed by atoms with Crippen LogP contribution in [0.2, 0.25) is 0 Å². The molecule has 292 valence electrons. The van der Waals surface area contributed by atoms with E-state index in [1.54, 1.807) is 0 Å². The Balaban J connectivity index is -0.0000000856. The number of primary amides is 1. The monoisotopic (exact) mass is 725 g/mol. The lowest BCUT2D eigenvalue weighted by molar-refractivity contribution is -0.140. The lowest BCUT2D eigenvalue weighted by Gasteiger charge is -2.03. The van der Waals surface area contributed by atoms with E-state index in [4.69, 9.17) is 81.0 Å². The van der Waals surface area contributed by atoms with Crippen molar-refractivity contribution >= 4 is 47.7 Å². The molecule has 0 aromatic rings. The number of hydrogen-bond acceptors (Lipinski definition) is 17. The van der Waals surface area contributed by atoms with Crippen LogP contribution in [-0.4, -0.2) is 145 Å². The number of carboxylic acids is 7. The molecule has 49 heavy (non-hydrogen) atoms. The average molecular weight is 726 g/mol. The summed E-state index contributed by atoms with van der Waals surface area (Å²) >= 11 is 0. The molecule has 25 heteroatoms. The van der Waals surface area contributed by atoms with Crippen LogP contribution in [0.5, 0.6) is 0 Å². The smallest absolute Gasteiger partial charge is 0.322 e. The van der Waals surface area contributed by atoms with Crippen molar-refractivity contribution in [1.82, 2.24) is 0 Å². The van der Waals surface area contributed by atoms with Gasteiger partial charge in [0.2, 0.25) is 5.91 Å². The van der Waals surface area contributed by atoms with Gasteiger partial charge < -0.3 is 92.5 Å². The quantitative estimate of drug-likeness (QED) is 0.0697. The van der Waals surface area contributed by atoms with E-state index in [9.17, 15) is 38.4 Å². The molecule has 1 amide bonds. The molecule has 25 nitrogen and oxygen atoms in total. The predicted octanol–water partition coefficient (Wildman–Crippen LogP) is -6.52. The number of hydrogen-bond donors (Lipinski definition) is 17. The van der Waals surface area contributed by atoms with Crippen molar-refractivity contribution in [2.24, 2.45) is 51.6 Å². The van der Waals surface area contributed by atoms with E-state index in [1.165, 1.54) is 13.8 Å². The summed E-state index contributed by atoms with van der Waals surface area (Å²) in [7, 11) is 0. The minimum atomic E-state index is -1.18. The van der Waals surface area contributed by atoms with Crippen molar-refractivity contribution in [3.05, 3.63) is 0 Å². The van der Waals surface area contributed by atoms with Gasteiger partial charge in [-0.25, -0.2) is 0 Å². The summed E-state index contributed by atoms with van der Waals surface area (Å²) < 4.78 is 0. The Bertz CT molecular complexity index is 893. The number of carbonyl (C=O) groups excluding carboxylic acids is 1. The number of rotatable bonds is 15. The third kappa shape index (κ3) is 75.4. The molecular weight excluding hydrogens is 670 g/mol. The summed E-state index contributed by atoms with van der Waals surface area (Å²) in [5, 5.41) is 63.4. The Kier molecular flexibility index (Phi) is 50.5. The SMILES string of the molecule is C[C@H](N)C(=O)O.C[C@H](N)C(=O)O.NC(=O)CC[C@H](N)C(=O)O.NCC(=O)O.NCC(=O)O.NCCCC[C@H](N)C(=O)O.N[C@@H](CO)C(=O)O. The molecule has 0 aliphatic heterocycles. The van der Waals surface area contributed by atoms with Gasteiger partial charge in [0, 0.05) is 6.42 Å². The van der Waals surface area contributed by atoms with E-state index in [0.717, 1.165) is 12.8 Å². The molecule has 0 bridgehead atoms. The number of nitrogens with two attached hydrogens (primary N) is 9. The van der Waals surface area contributed by atoms with Crippen molar-refractivity contribution in [3.8, 4) is 0 Å². The Labute approximate surface area is 281 Å². The van der Waals surface area contributed by atoms with E-state index in [2.05, 4.69) is 11.5 Å². The standard InChI is InChI=1S/C6H14N2O2.C5H10N2O3.C3H7NO3.2C3H7NO2.2C2H5NO2/c7-4-2-1-3-5(8)6(9)10;6-3(5(9)10)1-2-4(7)8;4-2(1-5)3(6)7;2*1-2(4)3(5)6;2*3-1-2(4)5/h5H,1-4,7-8H2,(H,9,10);3H,1-2,6H2,(H2,7,8)(H,9,10);2,5H,1,4H2,(H,6,7);2*2H,4H2,1H3,(H,5,6);2*1,3H2,(H,4,5)/t5-;3-;3*2-;;/m00000../s1. The zero-order valence-corrected chi connectivity index (χ0v) is 27.3. The number of carboxylic acid groups (broad SMARTS) is 7. The van der Waals surface area contributed by atoms with Crippen molar-refractivity contribution < 1.29 is 79.2 Å². The molecule has 0 rings (SSSR count). The summed E-state index contributed by atoms with van der Waals surface area (Å²) in [5.41, 5.74) is 43.8. The molecule has 0 aliphatic rings. The van der Waals surface area contributed by atoms with Gasteiger partial charge in [-0.05, 0) is 39.7 Å². The van der Waals surface area contributed by atoms with Crippen LogP contribution in [-0.2, 0) is 38.4 Å². The first-order valence-corrected chi connectivity index (χ1v) is 13.6. The molecule has 0 radical (unpaired) electrons. The second-order valence-corrected chi connectivity index (χ2v) is 8.76. The highest BCUT2D eigenvalue weighted by Crippen LogP contribution is 1.97. The van der Waals surface area contributed by atoms with Crippen LogP contribution in [0.4, 0.5) is 0 Å². The molecule has 0 aliphatic carbocycles. The number of aliphatic hydroxyl groups is 1. The van der Waals surface area contributed by atoms with E-state index in [1.807, 2.05) is 0 Å².